The summed E-state index contributed by atoms with van der Waals surface area (Å²) in [5, 5.41) is 23.8. The van der Waals surface area contributed by atoms with Crippen LogP contribution in [0.1, 0.15) is 30.9 Å². The lowest BCUT2D eigenvalue weighted by atomic mass is 10.2. The normalized spacial score (nSPS) is 20.3. The first-order valence-electron chi connectivity index (χ1n) is 10.8. The molecule has 4 N–H and O–H groups in total. The van der Waals surface area contributed by atoms with Crippen LogP contribution in [0, 0.1) is 0 Å². The van der Waals surface area contributed by atoms with Gasteiger partial charge in [-0.25, -0.2) is 4.98 Å². The summed E-state index contributed by atoms with van der Waals surface area (Å²) in [7, 11) is 0. The van der Waals surface area contributed by atoms with Crippen LogP contribution in [0.25, 0.3) is 5.65 Å². The van der Waals surface area contributed by atoms with E-state index in [1.54, 1.807) is 4.90 Å². The van der Waals surface area contributed by atoms with Gasteiger partial charge < -0.3 is 20.6 Å². The van der Waals surface area contributed by atoms with E-state index in [0.29, 0.717) is 35.1 Å². The zero-order chi connectivity index (χ0) is 22.4. The molecule has 12 heteroatoms. The van der Waals surface area contributed by atoms with Gasteiger partial charge in [0, 0.05) is 49.2 Å². The highest BCUT2D eigenvalue weighted by molar-refractivity contribution is 5.96. The Morgan fingerprint density at radius 3 is 2.94 bits per heavy atom. The number of H-pyrrole nitrogens is 1. The zero-order valence-electron chi connectivity index (χ0n) is 17.6. The van der Waals surface area contributed by atoms with E-state index in [2.05, 4.69) is 40.8 Å². The molecule has 5 heterocycles. The molecule has 1 aliphatic heterocycles. The van der Waals surface area contributed by atoms with E-state index in [4.69, 9.17) is 0 Å². The van der Waals surface area contributed by atoms with Crippen LogP contribution in [0.5, 0.6) is 0 Å². The third-order valence-electron chi connectivity index (χ3n) is 5.88. The molecule has 0 radical (unpaired) electrons. The number of aromatic amines is 1. The standard InChI is InChI=1S/C21H22N10O2/c32-13-8-15(19(33)24-17-10-22-5-6-23-17)31(11-13)21-26-18-2-1-7-30(18)20(27-21)25-16-9-14(28-29-16)12-3-4-12/h1-2,5-7,9-10,12-13,15,32H,3-4,8,11H2,(H,23,24,33)(H2,25,26,27,28,29)/t13-,15-/m0/s1. The molecule has 0 aromatic carbocycles. The molecule has 0 spiro atoms. The van der Waals surface area contributed by atoms with Gasteiger partial charge in [-0.15, -0.1) is 0 Å². The number of aliphatic hydroxyl groups is 1. The fourth-order valence-corrected chi connectivity index (χ4v) is 4.11. The molecule has 2 fully saturated rings. The number of nitrogens with one attached hydrogen (secondary N) is 3. The average molecular weight is 446 g/mol. The van der Waals surface area contributed by atoms with Crippen molar-refractivity contribution in [2.24, 2.45) is 0 Å². The monoisotopic (exact) mass is 446 g/mol. The van der Waals surface area contributed by atoms with Crippen molar-refractivity contribution in [3.63, 3.8) is 0 Å². The lowest BCUT2D eigenvalue weighted by Crippen LogP contribution is -2.41. The van der Waals surface area contributed by atoms with Crippen LogP contribution in [-0.4, -0.2) is 64.2 Å². The Balaban J connectivity index is 1.30. The van der Waals surface area contributed by atoms with Gasteiger partial charge in [-0.3, -0.25) is 19.3 Å². The molecular weight excluding hydrogens is 424 g/mol. The third kappa shape index (κ3) is 3.84. The highest BCUT2D eigenvalue weighted by Crippen LogP contribution is 2.39. The molecule has 12 nitrogen and oxygen atoms in total. The first-order chi connectivity index (χ1) is 16.1. The van der Waals surface area contributed by atoms with Crippen LogP contribution in [0.15, 0.2) is 43.0 Å². The maximum atomic E-state index is 13.0. The van der Waals surface area contributed by atoms with Crippen LogP contribution >= 0.6 is 0 Å². The average Bonchev–Trinajstić information content (AvgIpc) is 3.20. The third-order valence-corrected chi connectivity index (χ3v) is 5.88. The van der Waals surface area contributed by atoms with Crippen molar-refractivity contribution in [2.45, 2.75) is 37.3 Å². The molecule has 0 unspecified atom stereocenters. The summed E-state index contributed by atoms with van der Waals surface area (Å²) >= 11 is 0. The van der Waals surface area contributed by atoms with Crippen LogP contribution in [0.3, 0.4) is 0 Å². The summed E-state index contributed by atoms with van der Waals surface area (Å²) in [6.07, 6.45) is 8.29. The second kappa shape index (κ2) is 7.81. The number of carbonyl (C=O) groups excluding carboxylic acids is 1. The number of hydrogen-bond donors (Lipinski definition) is 4. The van der Waals surface area contributed by atoms with Gasteiger partial charge in [0.2, 0.25) is 17.8 Å². The first kappa shape index (κ1) is 19.6. The number of β-amino-alcohol motifs (C(OH)–C–C–N with tert-alkyl or cyclic N) is 1. The van der Waals surface area contributed by atoms with E-state index in [1.807, 2.05) is 28.8 Å². The molecule has 1 aliphatic carbocycles. The molecule has 6 rings (SSSR count). The maximum Gasteiger partial charge on any atom is 0.248 e. The van der Waals surface area contributed by atoms with Crippen LogP contribution in [0.4, 0.5) is 23.5 Å². The lowest BCUT2D eigenvalue weighted by molar-refractivity contribution is -0.117. The summed E-state index contributed by atoms with van der Waals surface area (Å²) in [4.78, 5) is 32.1. The lowest BCUT2D eigenvalue weighted by Gasteiger charge is -2.24. The maximum absolute atomic E-state index is 13.0. The summed E-state index contributed by atoms with van der Waals surface area (Å²) in [5.41, 5.74) is 1.77. The predicted molar refractivity (Wildman–Crippen MR) is 119 cm³/mol. The van der Waals surface area contributed by atoms with Gasteiger partial charge in [0.25, 0.3) is 0 Å². The molecule has 0 bridgehead atoms. The van der Waals surface area contributed by atoms with Gasteiger partial charge in [-0.2, -0.15) is 15.1 Å². The van der Waals surface area contributed by atoms with Crippen molar-refractivity contribution >= 4 is 35.1 Å². The number of aliphatic hydroxyl groups excluding tert-OH is 1. The van der Waals surface area contributed by atoms with Crippen LogP contribution < -0.4 is 15.5 Å². The number of anilines is 4. The van der Waals surface area contributed by atoms with Gasteiger partial charge in [0.05, 0.1) is 12.3 Å². The Morgan fingerprint density at radius 2 is 2.12 bits per heavy atom. The smallest absolute Gasteiger partial charge is 0.248 e. The SMILES string of the molecule is O=C(Nc1cnccn1)[C@@H]1C[C@H](O)CN1c1nc(Nc2cc(C3CC3)[nH]n2)n2cccc2n1. The van der Waals surface area contributed by atoms with E-state index in [0.717, 1.165) is 5.69 Å². The summed E-state index contributed by atoms with van der Waals surface area (Å²) in [5.74, 6) is 2.12. The van der Waals surface area contributed by atoms with Crippen molar-refractivity contribution in [3.8, 4) is 0 Å². The summed E-state index contributed by atoms with van der Waals surface area (Å²) < 4.78 is 1.82. The minimum Gasteiger partial charge on any atom is -0.391 e. The van der Waals surface area contributed by atoms with Crippen molar-refractivity contribution in [2.75, 3.05) is 22.1 Å². The Hall–Kier alpha value is -4.06. The van der Waals surface area contributed by atoms with E-state index >= 15 is 0 Å². The molecule has 33 heavy (non-hydrogen) atoms. The molecule has 1 saturated carbocycles. The number of aromatic nitrogens is 7. The van der Waals surface area contributed by atoms with Gasteiger partial charge in [-0.05, 0) is 25.0 Å². The van der Waals surface area contributed by atoms with E-state index in [1.165, 1.54) is 31.4 Å². The zero-order valence-corrected chi connectivity index (χ0v) is 17.6. The number of rotatable bonds is 6. The highest BCUT2D eigenvalue weighted by Gasteiger charge is 2.38. The minimum atomic E-state index is -0.682. The van der Waals surface area contributed by atoms with E-state index < -0.39 is 12.1 Å². The quantitative estimate of drug-likeness (QED) is 0.345. The van der Waals surface area contributed by atoms with Gasteiger partial charge >= 0.3 is 0 Å². The number of nitrogens with zero attached hydrogens (tertiary/aromatic N) is 7. The molecule has 4 aromatic heterocycles. The molecule has 1 saturated heterocycles. The largest absolute Gasteiger partial charge is 0.391 e. The van der Waals surface area contributed by atoms with Gasteiger partial charge in [-0.1, -0.05) is 0 Å². The summed E-state index contributed by atoms with van der Waals surface area (Å²) in [6, 6.07) is 5.07. The first-order valence-corrected chi connectivity index (χ1v) is 10.8. The minimum absolute atomic E-state index is 0.239. The second-order valence-corrected chi connectivity index (χ2v) is 8.33. The molecule has 168 valence electrons. The van der Waals surface area contributed by atoms with Crippen molar-refractivity contribution in [1.29, 1.82) is 0 Å². The Kier molecular flexibility index (Phi) is 4.64. The van der Waals surface area contributed by atoms with Crippen LogP contribution in [-0.2, 0) is 4.79 Å². The number of amides is 1. The van der Waals surface area contributed by atoms with Gasteiger partial charge in [0.1, 0.15) is 11.7 Å². The number of carbonyl (C=O) groups is 1. The fourth-order valence-electron chi connectivity index (χ4n) is 4.11. The van der Waals surface area contributed by atoms with Crippen molar-refractivity contribution < 1.29 is 9.90 Å². The fraction of sp³-hybridized carbons (Fsp3) is 0.333. The Morgan fingerprint density at radius 1 is 1.21 bits per heavy atom. The number of fused-ring (bicyclic) bond motifs is 1. The topological polar surface area (TPSA) is 149 Å². The molecule has 2 aliphatic rings. The predicted octanol–water partition coefficient (Wildman–Crippen LogP) is 1.44. The molecular formula is C21H22N10O2. The van der Waals surface area contributed by atoms with Crippen molar-refractivity contribution in [3.05, 3.63) is 48.7 Å². The molecule has 4 aromatic rings. The van der Waals surface area contributed by atoms with Crippen molar-refractivity contribution in [1.82, 2.24) is 34.5 Å². The molecule has 2 atom stereocenters. The Bertz CT molecular complexity index is 1300. The van der Waals surface area contributed by atoms with E-state index in [9.17, 15) is 9.90 Å². The highest BCUT2D eigenvalue weighted by atomic mass is 16.3. The second-order valence-electron chi connectivity index (χ2n) is 8.33. The van der Waals surface area contributed by atoms with Gasteiger partial charge in [0.15, 0.2) is 11.6 Å². The summed E-state index contributed by atoms with van der Waals surface area (Å²) in [6.45, 7) is 0.239. The Labute approximate surface area is 188 Å². The van der Waals surface area contributed by atoms with E-state index in [-0.39, 0.29) is 18.9 Å². The van der Waals surface area contributed by atoms with Crippen LogP contribution in [0.2, 0.25) is 0 Å². The number of hydrogen-bond acceptors (Lipinski definition) is 9. The molecule has 1 amide bonds.